The number of rotatable bonds is 11. The molecule has 0 radical (unpaired) electrons. The Balaban J connectivity index is 1.94. The van der Waals surface area contributed by atoms with E-state index < -0.39 is 28.5 Å². The first-order valence-corrected chi connectivity index (χ1v) is 14.2. The third kappa shape index (κ3) is 7.74. The summed E-state index contributed by atoms with van der Waals surface area (Å²) in [5.74, 6) is -0.755. The number of carbonyl (C=O) groups excluding carboxylic acids is 2. The van der Waals surface area contributed by atoms with Gasteiger partial charge in [0.05, 0.1) is 11.4 Å². The maximum absolute atomic E-state index is 13.7. The van der Waals surface area contributed by atoms with E-state index in [0.29, 0.717) is 13.0 Å². The van der Waals surface area contributed by atoms with Crippen LogP contribution in [0.2, 0.25) is 0 Å². The average Bonchev–Trinajstić information content (AvgIpc) is 2.88. The van der Waals surface area contributed by atoms with Gasteiger partial charge in [-0.1, -0.05) is 76.1 Å². The largest absolute Gasteiger partial charge is 0.355 e. The van der Waals surface area contributed by atoms with Crippen LogP contribution < -0.4 is 5.32 Å². The van der Waals surface area contributed by atoms with E-state index in [1.165, 1.54) is 24.1 Å². The Morgan fingerprint density at radius 1 is 0.919 bits per heavy atom. The molecule has 1 N–H and O–H groups in total. The molecular weight excluding hydrogens is 554 g/mol. The minimum atomic E-state index is -3.90. The van der Waals surface area contributed by atoms with Crippen molar-refractivity contribution in [3.05, 3.63) is 100 Å². The van der Waals surface area contributed by atoms with Gasteiger partial charge >= 0.3 is 0 Å². The van der Waals surface area contributed by atoms with Gasteiger partial charge in [0.15, 0.2) is 0 Å². The van der Waals surface area contributed by atoms with E-state index in [1.54, 1.807) is 12.1 Å². The van der Waals surface area contributed by atoms with Crippen LogP contribution >= 0.6 is 15.9 Å². The van der Waals surface area contributed by atoms with Crippen molar-refractivity contribution in [2.24, 2.45) is 0 Å². The standard InChI is InChI=1S/C28H32BrN3O4S/c1-4-30-28(34)26(18-22-8-6-5-7-9-22)32(19-23-12-14-24(29)15-13-23)27(33)20-31(3)37(35,36)25-16-10-21(2)11-17-25/h5-17,26H,4,18-20H2,1-3H3,(H,30,34)/t26-/m1/s1. The lowest BCUT2D eigenvalue weighted by Crippen LogP contribution is -2.53. The van der Waals surface area contributed by atoms with Gasteiger partial charge in [-0.2, -0.15) is 4.31 Å². The van der Waals surface area contributed by atoms with E-state index in [-0.39, 0.29) is 17.3 Å². The number of carbonyl (C=O) groups is 2. The number of halogens is 1. The van der Waals surface area contributed by atoms with Crippen LogP contribution in [0.1, 0.15) is 23.6 Å². The highest BCUT2D eigenvalue weighted by atomic mass is 79.9. The van der Waals surface area contributed by atoms with Crippen molar-refractivity contribution in [1.82, 2.24) is 14.5 Å². The molecule has 9 heteroatoms. The molecule has 0 saturated carbocycles. The lowest BCUT2D eigenvalue weighted by atomic mass is 10.0. The molecule has 0 aliphatic heterocycles. The second-order valence-corrected chi connectivity index (χ2v) is 11.8. The molecule has 7 nitrogen and oxygen atoms in total. The fourth-order valence-electron chi connectivity index (χ4n) is 3.89. The summed E-state index contributed by atoms with van der Waals surface area (Å²) in [6.45, 7) is 3.85. The summed E-state index contributed by atoms with van der Waals surface area (Å²) >= 11 is 3.42. The van der Waals surface area contributed by atoms with E-state index in [2.05, 4.69) is 21.2 Å². The van der Waals surface area contributed by atoms with E-state index in [4.69, 9.17) is 0 Å². The number of benzene rings is 3. The number of likely N-dealkylation sites (N-methyl/N-ethyl adjacent to an activating group) is 2. The van der Waals surface area contributed by atoms with Crippen LogP contribution in [0.3, 0.4) is 0 Å². The van der Waals surface area contributed by atoms with Crippen molar-refractivity contribution < 1.29 is 18.0 Å². The fraction of sp³-hybridized carbons (Fsp3) is 0.286. The number of aryl methyl sites for hydroxylation is 1. The van der Waals surface area contributed by atoms with Crippen LogP contribution in [0.25, 0.3) is 0 Å². The van der Waals surface area contributed by atoms with Crippen molar-refractivity contribution >= 4 is 37.8 Å². The second kappa shape index (κ2) is 13.0. The van der Waals surface area contributed by atoms with Crippen LogP contribution in [0, 0.1) is 6.92 Å². The van der Waals surface area contributed by atoms with Crippen LogP contribution in [0.15, 0.2) is 88.2 Å². The van der Waals surface area contributed by atoms with Gasteiger partial charge < -0.3 is 10.2 Å². The summed E-state index contributed by atoms with van der Waals surface area (Å²) in [5.41, 5.74) is 2.65. The number of nitrogens with zero attached hydrogens (tertiary/aromatic N) is 2. The summed E-state index contributed by atoms with van der Waals surface area (Å²) < 4.78 is 28.3. The van der Waals surface area contributed by atoms with Gasteiger partial charge in [0, 0.05) is 31.0 Å². The summed E-state index contributed by atoms with van der Waals surface area (Å²) in [7, 11) is -2.52. The van der Waals surface area contributed by atoms with Gasteiger partial charge in [-0.25, -0.2) is 8.42 Å². The van der Waals surface area contributed by atoms with E-state index in [9.17, 15) is 18.0 Å². The lowest BCUT2D eigenvalue weighted by Gasteiger charge is -2.32. The summed E-state index contributed by atoms with van der Waals surface area (Å²) in [6, 6.07) is 22.6. The van der Waals surface area contributed by atoms with E-state index in [0.717, 1.165) is 25.5 Å². The van der Waals surface area contributed by atoms with Crippen LogP contribution in [-0.2, 0) is 32.6 Å². The SMILES string of the molecule is CCNC(=O)[C@@H](Cc1ccccc1)N(Cc1ccc(Br)cc1)C(=O)CN(C)S(=O)(=O)c1ccc(C)cc1. The predicted molar refractivity (Wildman–Crippen MR) is 148 cm³/mol. The number of hydrogen-bond donors (Lipinski definition) is 1. The molecule has 0 heterocycles. The predicted octanol–water partition coefficient (Wildman–Crippen LogP) is 4.15. The van der Waals surface area contributed by atoms with Gasteiger partial charge in [-0.05, 0) is 49.2 Å². The summed E-state index contributed by atoms with van der Waals surface area (Å²) in [5, 5.41) is 2.84. The molecule has 37 heavy (non-hydrogen) atoms. The Morgan fingerprint density at radius 2 is 1.54 bits per heavy atom. The summed E-state index contributed by atoms with van der Waals surface area (Å²) in [4.78, 5) is 28.5. The first kappa shape index (κ1) is 28.6. The van der Waals surface area contributed by atoms with Crippen molar-refractivity contribution in [1.29, 1.82) is 0 Å². The minimum absolute atomic E-state index is 0.109. The quantitative estimate of drug-likeness (QED) is 0.366. The molecule has 1 atom stereocenters. The number of sulfonamides is 1. The van der Waals surface area contributed by atoms with Gasteiger partial charge in [-0.15, -0.1) is 0 Å². The van der Waals surface area contributed by atoms with Crippen LogP contribution in [-0.4, -0.2) is 55.6 Å². The van der Waals surface area contributed by atoms with Gasteiger partial charge in [0.1, 0.15) is 6.04 Å². The Bertz CT molecular complexity index is 1300. The molecule has 0 unspecified atom stereocenters. The fourth-order valence-corrected chi connectivity index (χ4v) is 5.27. The monoisotopic (exact) mass is 585 g/mol. The third-order valence-corrected chi connectivity index (χ3v) is 8.32. The minimum Gasteiger partial charge on any atom is -0.355 e. The molecule has 3 aromatic rings. The van der Waals surface area contributed by atoms with Crippen molar-refractivity contribution in [2.75, 3.05) is 20.1 Å². The zero-order valence-electron chi connectivity index (χ0n) is 21.2. The maximum atomic E-state index is 13.7. The molecule has 0 saturated heterocycles. The summed E-state index contributed by atoms with van der Waals surface area (Å²) in [6.07, 6.45) is 0.295. The third-order valence-electron chi connectivity index (χ3n) is 5.98. The maximum Gasteiger partial charge on any atom is 0.243 e. The normalized spacial score (nSPS) is 12.2. The average molecular weight is 587 g/mol. The Hall–Kier alpha value is -3.01. The second-order valence-electron chi connectivity index (χ2n) is 8.82. The van der Waals surface area contributed by atoms with Crippen molar-refractivity contribution in [3.8, 4) is 0 Å². The zero-order valence-corrected chi connectivity index (χ0v) is 23.6. The Morgan fingerprint density at radius 3 is 2.14 bits per heavy atom. The lowest BCUT2D eigenvalue weighted by molar-refractivity contribution is -0.141. The molecule has 0 aliphatic carbocycles. The number of nitrogens with one attached hydrogen (secondary N) is 1. The number of hydrogen-bond acceptors (Lipinski definition) is 4. The Labute approximate surface area is 227 Å². The van der Waals surface area contributed by atoms with E-state index >= 15 is 0 Å². The molecule has 0 spiro atoms. The highest BCUT2D eigenvalue weighted by Gasteiger charge is 2.32. The van der Waals surface area contributed by atoms with Crippen molar-refractivity contribution in [3.63, 3.8) is 0 Å². The van der Waals surface area contributed by atoms with Gasteiger partial charge in [0.2, 0.25) is 21.8 Å². The first-order valence-electron chi connectivity index (χ1n) is 12.0. The van der Waals surface area contributed by atoms with Gasteiger partial charge in [-0.3, -0.25) is 9.59 Å². The molecule has 2 amide bonds. The highest BCUT2D eigenvalue weighted by Crippen LogP contribution is 2.19. The van der Waals surface area contributed by atoms with Crippen LogP contribution in [0.4, 0.5) is 0 Å². The Kier molecular flexibility index (Phi) is 10.0. The molecular formula is C28H32BrN3O4S. The zero-order chi connectivity index (χ0) is 27.0. The van der Waals surface area contributed by atoms with Crippen LogP contribution in [0.5, 0.6) is 0 Å². The molecule has 3 aromatic carbocycles. The van der Waals surface area contributed by atoms with Crippen molar-refractivity contribution in [2.45, 2.75) is 37.8 Å². The molecule has 196 valence electrons. The highest BCUT2D eigenvalue weighted by molar-refractivity contribution is 9.10. The van der Waals surface area contributed by atoms with Gasteiger partial charge in [0.25, 0.3) is 0 Å². The molecule has 0 aromatic heterocycles. The molecule has 0 fully saturated rings. The first-order chi connectivity index (χ1) is 17.6. The number of amides is 2. The molecule has 3 rings (SSSR count). The topological polar surface area (TPSA) is 86.8 Å². The van der Waals surface area contributed by atoms with E-state index in [1.807, 2.05) is 68.4 Å². The molecule has 0 bridgehead atoms. The molecule has 0 aliphatic rings. The smallest absolute Gasteiger partial charge is 0.243 e.